The average Bonchev–Trinajstić information content (AvgIpc) is 3.47. The normalized spacial score (nSPS) is 23.2. The monoisotopic (exact) mass is 401 g/mol. The van der Waals surface area contributed by atoms with Crippen LogP contribution < -0.4 is 10.6 Å². The van der Waals surface area contributed by atoms with Gasteiger partial charge in [-0.1, -0.05) is 31.4 Å². The van der Waals surface area contributed by atoms with Crippen molar-refractivity contribution in [2.45, 2.75) is 70.4 Å². The minimum Gasteiger partial charge on any atom is -0.353 e. The van der Waals surface area contributed by atoms with E-state index in [1.165, 1.54) is 31.4 Å². The summed E-state index contributed by atoms with van der Waals surface area (Å²) in [6.07, 6.45) is 9.67. The van der Waals surface area contributed by atoms with Gasteiger partial charge in [0.1, 0.15) is 5.82 Å². The second-order valence-electron chi connectivity index (χ2n) is 9.17. The molecule has 0 aromatic heterocycles. The fraction of sp³-hybridized carbons (Fsp3) is 0.652. The second kappa shape index (κ2) is 8.72. The first-order valence-electron chi connectivity index (χ1n) is 11.1. The molecule has 1 unspecified atom stereocenters. The molecule has 1 spiro atoms. The first-order chi connectivity index (χ1) is 14.0. The van der Waals surface area contributed by atoms with Gasteiger partial charge in [-0.3, -0.25) is 4.79 Å². The van der Waals surface area contributed by atoms with E-state index in [0.29, 0.717) is 24.9 Å². The van der Waals surface area contributed by atoms with Crippen molar-refractivity contribution >= 4 is 11.9 Å². The molecule has 3 amide bonds. The summed E-state index contributed by atoms with van der Waals surface area (Å²) < 4.78 is 13.1. The number of carbonyl (C=O) groups is 2. The molecule has 1 atom stereocenters. The molecule has 0 bridgehead atoms. The highest BCUT2D eigenvalue weighted by atomic mass is 19.1. The molecule has 3 aliphatic rings. The molecule has 2 aliphatic carbocycles. The van der Waals surface area contributed by atoms with E-state index in [9.17, 15) is 14.0 Å². The summed E-state index contributed by atoms with van der Waals surface area (Å²) >= 11 is 0. The largest absolute Gasteiger partial charge is 0.353 e. The highest BCUT2D eigenvalue weighted by Gasteiger charge is 2.47. The van der Waals surface area contributed by atoms with E-state index in [1.807, 2.05) is 4.90 Å². The van der Waals surface area contributed by atoms with Gasteiger partial charge in [0.05, 0.1) is 0 Å². The van der Waals surface area contributed by atoms with Crippen molar-refractivity contribution < 1.29 is 14.0 Å². The predicted molar refractivity (Wildman–Crippen MR) is 110 cm³/mol. The number of nitrogens with zero attached hydrogens (tertiary/aromatic N) is 1. The smallest absolute Gasteiger partial charge is 0.317 e. The van der Waals surface area contributed by atoms with Crippen molar-refractivity contribution in [3.8, 4) is 0 Å². The van der Waals surface area contributed by atoms with Gasteiger partial charge in [-0.25, -0.2) is 9.18 Å². The van der Waals surface area contributed by atoms with Crippen LogP contribution in [0.3, 0.4) is 0 Å². The van der Waals surface area contributed by atoms with Crippen LogP contribution in [-0.4, -0.2) is 36.0 Å². The summed E-state index contributed by atoms with van der Waals surface area (Å²) in [6, 6.07) is 6.58. The number of likely N-dealkylation sites (tertiary alicyclic amines) is 1. The molecule has 1 saturated heterocycles. The van der Waals surface area contributed by atoms with Gasteiger partial charge in [-0.05, 0) is 61.1 Å². The minimum atomic E-state index is -0.271. The second-order valence-corrected chi connectivity index (χ2v) is 9.17. The van der Waals surface area contributed by atoms with Crippen molar-refractivity contribution in [3.63, 3.8) is 0 Å². The zero-order valence-corrected chi connectivity index (χ0v) is 17.1. The number of nitrogens with one attached hydrogen (secondary N) is 2. The van der Waals surface area contributed by atoms with E-state index in [2.05, 4.69) is 10.6 Å². The fourth-order valence-electron chi connectivity index (χ4n) is 5.13. The maximum Gasteiger partial charge on any atom is 0.317 e. The van der Waals surface area contributed by atoms with Gasteiger partial charge in [0.2, 0.25) is 5.91 Å². The van der Waals surface area contributed by atoms with Gasteiger partial charge < -0.3 is 15.5 Å². The molecule has 2 saturated carbocycles. The molecule has 1 aromatic rings. The van der Waals surface area contributed by atoms with E-state index >= 15 is 0 Å². The third-order valence-corrected chi connectivity index (χ3v) is 6.97. The predicted octanol–water partition coefficient (Wildman–Crippen LogP) is 3.98. The summed E-state index contributed by atoms with van der Waals surface area (Å²) in [5.74, 6) is 0.286. The van der Waals surface area contributed by atoms with Gasteiger partial charge in [0, 0.05) is 32.1 Å². The van der Waals surface area contributed by atoms with Crippen LogP contribution in [-0.2, 0) is 11.3 Å². The molecule has 1 aliphatic heterocycles. The van der Waals surface area contributed by atoms with E-state index in [1.54, 1.807) is 12.1 Å². The molecular weight excluding hydrogens is 369 g/mol. The number of hydrogen-bond acceptors (Lipinski definition) is 2. The summed E-state index contributed by atoms with van der Waals surface area (Å²) in [5.41, 5.74) is 1.06. The molecule has 4 rings (SSSR count). The molecule has 158 valence electrons. The maximum absolute atomic E-state index is 13.1. The molecule has 1 heterocycles. The van der Waals surface area contributed by atoms with Crippen LogP contribution in [0.15, 0.2) is 24.3 Å². The van der Waals surface area contributed by atoms with Crippen molar-refractivity contribution in [1.29, 1.82) is 0 Å². The van der Waals surface area contributed by atoms with Crippen LogP contribution in [0.25, 0.3) is 0 Å². The molecule has 6 heteroatoms. The Kier molecular flexibility index (Phi) is 6.07. The van der Waals surface area contributed by atoms with Gasteiger partial charge in [-0.15, -0.1) is 0 Å². The highest BCUT2D eigenvalue weighted by molar-refractivity contribution is 5.77. The number of benzene rings is 1. The van der Waals surface area contributed by atoms with Gasteiger partial charge in [-0.2, -0.15) is 0 Å². The Bertz CT molecular complexity index is 726. The Hall–Kier alpha value is -2.11. The number of halogens is 1. The lowest BCUT2D eigenvalue weighted by Crippen LogP contribution is -2.40. The van der Waals surface area contributed by atoms with Crippen molar-refractivity contribution in [2.24, 2.45) is 11.3 Å². The third kappa shape index (κ3) is 5.09. The number of amides is 3. The molecule has 0 radical (unpaired) electrons. The highest BCUT2D eigenvalue weighted by Crippen LogP contribution is 2.49. The number of rotatable bonds is 6. The average molecular weight is 402 g/mol. The number of hydrogen-bond donors (Lipinski definition) is 2. The molecule has 5 nitrogen and oxygen atoms in total. The lowest BCUT2D eigenvalue weighted by Gasteiger charge is -2.38. The SMILES string of the molecule is O=C(CCC1CN(C(=O)NCc2ccc(F)cc2)CC12CCCCC2)NC1CC1. The van der Waals surface area contributed by atoms with E-state index in [0.717, 1.165) is 50.8 Å². The third-order valence-electron chi connectivity index (χ3n) is 6.97. The Labute approximate surface area is 172 Å². The van der Waals surface area contributed by atoms with Crippen LogP contribution in [0.4, 0.5) is 9.18 Å². The van der Waals surface area contributed by atoms with Crippen LogP contribution in [0.1, 0.15) is 63.4 Å². The first-order valence-corrected chi connectivity index (χ1v) is 11.1. The molecule has 2 N–H and O–H groups in total. The lowest BCUT2D eigenvalue weighted by atomic mass is 9.66. The van der Waals surface area contributed by atoms with Gasteiger partial charge in [0.15, 0.2) is 0 Å². The minimum absolute atomic E-state index is 0.0517. The van der Waals surface area contributed by atoms with Gasteiger partial charge in [0.25, 0.3) is 0 Å². The van der Waals surface area contributed by atoms with Crippen LogP contribution >= 0.6 is 0 Å². The summed E-state index contributed by atoms with van der Waals surface area (Å²) in [5, 5.41) is 6.07. The Morgan fingerprint density at radius 2 is 1.83 bits per heavy atom. The molecule has 29 heavy (non-hydrogen) atoms. The van der Waals surface area contributed by atoms with E-state index in [4.69, 9.17) is 0 Å². The fourth-order valence-corrected chi connectivity index (χ4v) is 5.13. The topological polar surface area (TPSA) is 61.4 Å². The molecule has 1 aromatic carbocycles. The Balaban J connectivity index is 1.34. The number of urea groups is 1. The van der Waals surface area contributed by atoms with Crippen molar-refractivity contribution in [1.82, 2.24) is 15.5 Å². The zero-order valence-electron chi connectivity index (χ0n) is 17.1. The zero-order chi connectivity index (χ0) is 20.3. The van der Waals surface area contributed by atoms with Gasteiger partial charge >= 0.3 is 6.03 Å². The standard InChI is InChI=1S/C23H32FN3O2/c24-19-7-4-17(5-8-19)14-25-22(29)27-15-18(6-11-21(28)26-20-9-10-20)23(16-27)12-2-1-3-13-23/h4-5,7-8,18,20H,1-3,6,9-16H2,(H,25,29)(H,26,28). The Morgan fingerprint density at radius 3 is 2.52 bits per heavy atom. The van der Waals surface area contributed by atoms with Crippen LogP contribution in [0, 0.1) is 17.2 Å². The summed E-state index contributed by atoms with van der Waals surface area (Å²) in [4.78, 5) is 26.9. The van der Waals surface area contributed by atoms with E-state index in [-0.39, 0.29) is 23.2 Å². The maximum atomic E-state index is 13.1. The number of carbonyl (C=O) groups excluding carboxylic acids is 2. The summed E-state index contributed by atoms with van der Waals surface area (Å²) in [6.45, 7) is 1.92. The van der Waals surface area contributed by atoms with Crippen molar-refractivity contribution in [3.05, 3.63) is 35.6 Å². The van der Waals surface area contributed by atoms with Crippen molar-refractivity contribution in [2.75, 3.05) is 13.1 Å². The van der Waals surface area contributed by atoms with E-state index < -0.39 is 0 Å². The first kappa shape index (κ1) is 20.2. The Morgan fingerprint density at radius 1 is 1.10 bits per heavy atom. The molecular formula is C23H32FN3O2. The van der Waals surface area contributed by atoms with Crippen LogP contribution in [0.5, 0.6) is 0 Å². The van der Waals surface area contributed by atoms with Crippen LogP contribution in [0.2, 0.25) is 0 Å². The quantitative estimate of drug-likeness (QED) is 0.758. The molecule has 3 fully saturated rings. The summed E-state index contributed by atoms with van der Waals surface area (Å²) in [7, 11) is 0. The lowest BCUT2D eigenvalue weighted by molar-refractivity contribution is -0.121.